The fourth-order valence-corrected chi connectivity index (χ4v) is 1.69. The second kappa shape index (κ2) is 6.65. The van der Waals surface area contributed by atoms with Crippen molar-refractivity contribution in [3.8, 4) is 5.88 Å². The van der Waals surface area contributed by atoms with Gasteiger partial charge in [-0.1, -0.05) is 17.7 Å². The van der Waals surface area contributed by atoms with E-state index in [1.54, 1.807) is 12.1 Å². The number of aromatic nitrogens is 3. The van der Waals surface area contributed by atoms with E-state index in [4.69, 9.17) is 11.6 Å². The number of halogens is 4. The lowest BCUT2D eigenvalue weighted by Gasteiger charge is -2.13. The van der Waals surface area contributed by atoms with Crippen LogP contribution in [0.4, 0.5) is 18.9 Å². The average Bonchev–Trinajstić information content (AvgIpc) is 2.47. The first-order chi connectivity index (χ1) is 10.4. The smallest absolute Gasteiger partial charge is 0.422 e. The Bertz CT molecular complexity index is 705. The third-order valence-electron chi connectivity index (χ3n) is 2.49. The van der Waals surface area contributed by atoms with Crippen molar-refractivity contribution in [2.24, 2.45) is 0 Å². The molecule has 0 bridgehead atoms. The summed E-state index contributed by atoms with van der Waals surface area (Å²) in [5.41, 5.74) is 0.0468. The van der Waals surface area contributed by atoms with E-state index < -0.39 is 18.3 Å². The van der Waals surface area contributed by atoms with Gasteiger partial charge in [-0.15, -0.1) is 0 Å². The van der Waals surface area contributed by atoms with Crippen LogP contribution < -0.4 is 15.6 Å². The highest BCUT2D eigenvalue weighted by Crippen LogP contribution is 2.22. The minimum atomic E-state index is -4.46. The molecule has 0 fully saturated rings. The molecular formula is C12H10ClF3N4O2. The molecule has 0 radical (unpaired) electrons. The van der Waals surface area contributed by atoms with E-state index in [1.165, 1.54) is 12.4 Å². The average molecular weight is 335 g/mol. The predicted molar refractivity (Wildman–Crippen MR) is 73.0 cm³/mol. The molecule has 0 unspecified atom stereocenters. The molecule has 0 aliphatic carbocycles. The zero-order valence-corrected chi connectivity index (χ0v) is 11.7. The summed E-state index contributed by atoms with van der Waals surface area (Å²) in [5.74, 6) is -0.152. The highest BCUT2D eigenvalue weighted by molar-refractivity contribution is 6.32. The normalized spacial score (nSPS) is 11.3. The Morgan fingerprint density at radius 2 is 2.18 bits per heavy atom. The van der Waals surface area contributed by atoms with Crippen molar-refractivity contribution in [3.05, 3.63) is 45.5 Å². The number of H-pyrrole nitrogens is 1. The molecule has 0 aromatic carbocycles. The van der Waals surface area contributed by atoms with E-state index in [0.29, 0.717) is 5.56 Å². The minimum Gasteiger partial charge on any atom is -0.468 e. The molecule has 0 aliphatic heterocycles. The first kappa shape index (κ1) is 16.1. The number of aromatic amines is 1. The van der Waals surface area contributed by atoms with E-state index in [0.717, 1.165) is 0 Å². The zero-order chi connectivity index (χ0) is 16.2. The van der Waals surface area contributed by atoms with Crippen molar-refractivity contribution in [3.63, 3.8) is 0 Å². The Balaban J connectivity index is 2.10. The number of ether oxygens (including phenoxy) is 1. The summed E-state index contributed by atoms with van der Waals surface area (Å²) in [6.45, 7) is -1.38. The summed E-state index contributed by atoms with van der Waals surface area (Å²) >= 11 is 5.78. The zero-order valence-electron chi connectivity index (χ0n) is 10.9. The van der Waals surface area contributed by atoms with Gasteiger partial charge in [-0.25, -0.2) is 10.1 Å². The third-order valence-corrected chi connectivity index (χ3v) is 2.86. The molecule has 2 aromatic rings. The number of rotatable bonds is 5. The highest BCUT2D eigenvalue weighted by Gasteiger charge is 2.29. The van der Waals surface area contributed by atoms with E-state index in [2.05, 4.69) is 25.2 Å². The van der Waals surface area contributed by atoms with Crippen LogP contribution in [0.1, 0.15) is 5.56 Å². The second-order valence-electron chi connectivity index (χ2n) is 4.15. The lowest BCUT2D eigenvalue weighted by atomic mass is 10.2. The van der Waals surface area contributed by atoms with Gasteiger partial charge >= 0.3 is 6.18 Å². The van der Waals surface area contributed by atoms with Gasteiger partial charge in [-0.05, 0) is 6.07 Å². The van der Waals surface area contributed by atoms with Gasteiger partial charge in [0.25, 0.3) is 5.56 Å². The van der Waals surface area contributed by atoms with E-state index in [-0.39, 0.29) is 23.1 Å². The Hall–Kier alpha value is -2.29. The first-order valence-electron chi connectivity index (χ1n) is 5.97. The second-order valence-corrected chi connectivity index (χ2v) is 4.53. The van der Waals surface area contributed by atoms with Crippen molar-refractivity contribution < 1.29 is 17.9 Å². The monoisotopic (exact) mass is 334 g/mol. The molecular weight excluding hydrogens is 325 g/mol. The minimum absolute atomic E-state index is 0.0614. The SMILES string of the molecule is O=c1[nH]ncc(NCc2cccnc2OCC(F)(F)F)c1Cl. The number of pyridine rings is 1. The van der Waals surface area contributed by atoms with Crippen molar-refractivity contribution in [1.29, 1.82) is 0 Å². The van der Waals surface area contributed by atoms with Crippen LogP contribution in [0.25, 0.3) is 0 Å². The molecule has 2 heterocycles. The topological polar surface area (TPSA) is 79.9 Å². The lowest BCUT2D eigenvalue weighted by Crippen LogP contribution is -2.20. The molecule has 10 heteroatoms. The molecule has 0 saturated heterocycles. The molecule has 0 amide bonds. The maximum atomic E-state index is 12.2. The number of hydrogen-bond acceptors (Lipinski definition) is 5. The third kappa shape index (κ3) is 4.35. The van der Waals surface area contributed by atoms with Crippen LogP contribution in [0.15, 0.2) is 29.3 Å². The Morgan fingerprint density at radius 3 is 2.91 bits per heavy atom. The van der Waals surface area contributed by atoms with Crippen molar-refractivity contribution in [1.82, 2.24) is 15.2 Å². The Kier molecular flexibility index (Phi) is 4.86. The van der Waals surface area contributed by atoms with Crippen LogP contribution in [0.2, 0.25) is 5.02 Å². The lowest BCUT2D eigenvalue weighted by molar-refractivity contribution is -0.154. The van der Waals surface area contributed by atoms with Gasteiger partial charge in [0.1, 0.15) is 5.02 Å². The molecule has 0 aliphatic rings. The molecule has 22 heavy (non-hydrogen) atoms. The van der Waals surface area contributed by atoms with Gasteiger partial charge in [0.05, 0.1) is 11.9 Å². The van der Waals surface area contributed by atoms with Crippen LogP contribution in [0, 0.1) is 0 Å². The largest absolute Gasteiger partial charge is 0.468 e. The maximum absolute atomic E-state index is 12.2. The summed E-state index contributed by atoms with van der Waals surface area (Å²) in [6, 6.07) is 3.09. The van der Waals surface area contributed by atoms with Crippen LogP contribution in [0.3, 0.4) is 0 Å². The number of nitrogens with zero attached hydrogens (tertiary/aromatic N) is 2. The van der Waals surface area contributed by atoms with Crippen molar-refractivity contribution in [2.75, 3.05) is 11.9 Å². The number of alkyl halides is 3. The molecule has 0 saturated carbocycles. The summed E-state index contributed by atoms with van der Waals surface area (Å²) in [6.07, 6.45) is -1.85. The van der Waals surface area contributed by atoms with Crippen molar-refractivity contribution >= 4 is 17.3 Å². The summed E-state index contributed by atoms with van der Waals surface area (Å²) in [5, 5.41) is 8.41. The van der Waals surface area contributed by atoms with Gasteiger partial charge in [-0.3, -0.25) is 4.79 Å². The summed E-state index contributed by atoms with van der Waals surface area (Å²) in [7, 11) is 0. The van der Waals surface area contributed by atoms with Gasteiger partial charge in [-0.2, -0.15) is 18.3 Å². The number of hydrogen-bond donors (Lipinski definition) is 2. The van der Waals surface area contributed by atoms with Gasteiger partial charge < -0.3 is 10.1 Å². The number of anilines is 1. The molecule has 2 rings (SSSR count). The predicted octanol–water partition coefficient (Wildman–Crippen LogP) is 2.37. The van der Waals surface area contributed by atoms with Crippen LogP contribution in [-0.4, -0.2) is 28.0 Å². The highest BCUT2D eigenvalue weighted by atomic mass is 35.5. The number of nitrogens with one attached hydrogen (secondary N) is 2. The van der Waals surface area contributed by atoms with Gasteiger partial charge in [0, 0.05) is 18.3 Å². The van der Waals surface area contributed by atoms with Crippen LogP contribution in [-0.2, 0) is 6.54 Å². The maximum Gasteiger partial charge on any atom is 0.422 e. The molecule has 2 aromatic heterocycles. The fourth-order valence-electron chi connectivity index (χ4n) is 1.54. The molecule has 0 spiro atoms. The first-order valence-corrected chi connectivity index (χ1v) is 6.35. The van der Waals surface area contributed by atoms with Crippen molar-refractivity contribution in [2.45, 2.75) is 12.7 Å². The summed E-state index contributed by atoms with van der Waals surface area (Å²) in [4.78, 5) is 15.0. The Labute approximate surface area is 127 Å². The molecule has 118 valence electrons. The van der Waals surface area contributed by atoms with Gasteiger partial charge in [0.2, 0.25) is 5.88 Å². The van der Waals surface area contributed by atoms with Crippen LogP contribution in [0.5, 0.6) is 5.88 Å². The molecule has 2 N–H and O–H groups in total. The van der Waals surface area contributed by atoms with E-state index >= 15 is 0 Å². The fraction of sp³-hybridized carbons (Fsp3) is 0.250. The van der Waals surface area contributed by atoms with Gasteiger partial charge in [0.15, 0.2) is 6.61 Å². The molecule has 6 nitrogen and oxygen atoms in total. The molecule has 0 atom stereocenters. The van der Waals surface area contributed by atoms with E-state index in [1.807, 2.05) is 0 Å². The standard InChI is InChI=1S/C12H10ClF3N4O2/c13-9-8(5-19-20-10(9)21)18-4-7-2-1-3-17-11(7)22-6-12(14,15)16/h1-3,5H,4,6H2,(H2,18,20,21). The summed E-state index contributed by atoms with van der Waals surface area (Å²) < 4.78 is 41.2. The van der Waals surface area contributed by atoms with E-state index in [9.17, 15) is 18.0 Å². The van der Waals surface area contributed by atoms with Crippen LogP contribution >= 0.6 is 11.6 Å². The quantitative estimate of drug-likeness (QED) is 0.877. The Morgan fingerprint density at radius 1 is 1.41 bits per heavy atom.